The molecular weight excluding hydrogens is 342 g/mol. The van der Waals surface area contributed by atoms with Gasteiger partial charge in [0.15, 0.2) is 5.82 Å². The second-order valence-corrected chi connectivity index (χ2v) is 6.86. The fourth-order valence-corrected chi connectivity index (χ4v) is 3.58. The minimum absolute atomic E-state index is 0.129. The molecular formula is C18H12ClN3OS. The highest BCUT2D eigenvalue weighted by Crippen LogP contribution is 2.19. The zero-order valence-corrected chi connectivity index (χ0v) is 14.3. The van der Waals surface area contributed by atoms with Gasteiger partial charge in [0.2, 0.25) is 4.96 Å². The van der Waals surface area contributed by atoms with E-state index in [-0.39, 0.29) is 5.56 Å². The summed E-state index contributed by atoms with van der Waals surface area (Å²) in [6.07, 6.45) is 1.79. The van der Waals surface area contributed by atoms with Gasteiger partial charge in [-0.05, 0) is 24.6 Å². The van der Waals surface area contributed by atoms with Crippen LogP contribution < -0.4 is 10.1 Å². The van der Waals surface area contributed by atoms with Crippen molar-refractivity contribution in [3.05, 3.63) is 79.6 Å². The van der Waals surface area contributed by atoms with Crippen molar-refractivity contribution in [2.75, 3.05) is 0 Å². The number of rotatable bonds is 2. The summed E-state index contributed by atoms with van der Waals surface area (Å²) < 4.78 is 2.14. The fraction of sp³-hybridized carbons (Fsp3) is 0.0556. The van der Waals surface area contributed by atoms with Crippen LogP contribution in [0.3, 0.4) is 0 Å². The van der Waals surface area contributed by atoms with Gasteiger partial charge < -0.3 is 0 Å². The molecule has 0 radical (unpaired) electrons. The Morgan fingerprint density at radius 3 is 2.58 bits per heavy atom. The van der Waals surface area contributed by atoms with E-state index in [1.54, 1.807) is 16.5 Å². The van der Waals surface area contributed by atoms with Crippen molar-refractivity contribution in [1.29, 1.82) is 0 Å². The number of halogens is 1. The highest BCUT2D eigenvalue weighted by atomic mass is 35.5. The van der Waals surface area contributed by atoms with Crippen LogP contribution >= 0.6 is 22.9 Å². The maximum absolute atomic E-state index is 12.8. The molecule has 2 heterocycles. The predicted octanol–water partition coefficient (Wildman–Crippen LogP) is 3.33. The van der Waals surface area contributed by atoms with Crippen LogP contribution in [0.15, 0.2) is 53.3 Å². The van der Waals surface area contributed by atoms with Crippen molar-refractivity contribution in [2.45, 2.75) is 6.92 Å². The van der Waals surface area contributed by atoms with Crippen LogP contribution in [0.4, 0.5) is 0 Å². The first-order chi connectivity index (χ1) is 11.6. The highest BCUT2D eigenvalue weighted by Gasteiger charge is 2.14. The molecule has 0 fully saturated rings. The molecule has 0 atom stereocenters. The van der Waals surface area contributed by atoms with E-state index in [2.05, 4.69) is 10.2 Å². The van der Waals surface area contributed by atoms with Crippen LogP contribution in [-0.2, 0) is 0 Å². The van der Waals surface area contributed by atoms with E-state index >= 15 is 0 Å². The molecule has 0 unspecified atom stereocenters. The molecule has 0 aliphatic heterocycles. The molecule has 118 valence electrons. The molecule has 0 saturated heterocycles. The monoisotopic (exact) mass is 353 g/mol. The Morgan fingerprint density at radius 2 is 1.83 bits per heavy atom. The lowest BCUT2D eigenvalue weighted by molar-refractivity contribution is 1.09. The van der Waals surface area contributed by atoms with E-state index in [4.69, 9.17) is 11.6 Å². The zero-order valence-electron chi connectivity index (χ0n) is 12.7. The number of aryl methyl sites for hydroxylation is 1. The Balaban J connectivity index is 1.93. The summed E-state index contributed by atoms with van der Waals surface area (Å²) in [5, 5.41) is 8.92. The Labute approximate surface area is 146 Å². The third-order valence-corrected chi connectivity index (χ3v) is 5.05. The predicted molar refractivity (Wildman–Crippen MR) is 97.5 cm³/mol. The van der Waals surface area contributed by atoms with E-state index in [1.807, 2.05) is 49.4 Å². The first-order valence-corrected chi connectivity index (χ1v) is 8.54. The van der Waals surface area contributed by atoms with E-state index in [0.717, 1.165) is 16.7 Å². The molecule has 0 aliphatic rings. The van der Waals surface area contributed by atoms with Gasteiger partial charge in [-0.25, -0.2) is 4.40 Å². The second kappa shape index (κ2) is 5.85. The van der Waals surface area contributed by atoms with Crippen LogP contribution in [0.5, 0.6) is 0 Å². The Bertz CT molecular complexity index is 1150. The number of benzene rings is 2. The van der Waals surface area contributed by atoms with Crippen molar-refractivity contribution in [3.63, 3.8) is 0 Å². The molecule has 0 bridgehead atoms. The van der Waals surface area contributed by atoms with Crippen LogP contribution in [0, 0.1) is 6.92 Å². The topological polar surface area (TPSA) is 47.3 Å². The minimum Gasteiger partial charge on any atom is -0.267 e. The molecule has 2 aromatic carbocycles. The molecule has 0 aliphatic carbocycles. The van der Waals surface area contributed by atoms with Gasteiger partial charge in [0, 0.05) is 10.6 Å². The van der Waals surface area contributed by atoms with Crippen molar-refractivity contribution < 1.29 is 0 Å². The molecule has 4 rings (SSSR count). The second-order valence-electron chi connectivity index (χ2n) is 5.44. The van der Waals surface area contributed by atoms with E-state index in [1.165, 1.54) is 11.3 Å². The van der Waals surface area contributed by atoms with Crippen molar-refractivity contribution in [3.8, 4) is 11.4 Å². The lowest BCUT2D eigenvalue weighted by Crippen LogP contribution is -2.23. The molecule has 0 saturated carbocycles. The van der Waals surface area contributed by atoms with Gasteiger partial charge in [-0.1, -0.05) is 71.0 Å². The lowest BCUT2D eigenvalue weighted by atomic mass is 10.1. The number of hydrogen-bond donors (Lipinski definition) is 0. The SMILES string of the molecule is Cc1ccc(-c2nnc3s/c(=C\c4ccccc4Cl)c(=O)n23)cc1. The van der Waals surface area contributed by atoms with Gasteiger partial charge in [0.1, 0.15) is 0 Å². The average molecular weight is 354 g/mol. The number of aromatic nitrogens is 3. The van der Waals surface area contributed by atoms with Crippen LogP contribution in [-0.4, -0.2) is 14.6 Å². The number of nitrogens with zero attached hydrogens (tertiary/aromatic N) is 3. The third kappa shape index (κ3) is 2.52. The summed E-state index contributed by atoms with van der Waals surface area (Å²) >= 11 is 7.49. The Kier molecular flexibility index (Phi) is 3.67. The maximum atomic E-state index is 12.8. The largest absolute Gasteiger partial charge is 0.276 e. The van der Waals surface area contributed by atoms with Gasteiger partial charge in [-0.3, -0.25) is 4.79 Å². The smallest absolute Gasteiger partial charge is 0.267 e. The molecule has 0 N–H and O–H groups in total. The first-order valence-electron chi connectivity index (χ1n) is 7.35. The standard InChI is InChI=1S/C18H12ClN3OS/c1-11-6-8-12(9-7-11)16-20-21-18-22(16)17(23)15(24-18)10-13-4-2-3-5-14(13)19/h2-10H,1H3/b15-10-. The summed E-state index contributed by atoms with van der Waals surface area (Å²) in [5.41, 5.74) is 2.70. The van der Waals surface area contributed by atoms with E-state index in [0.29, 0.717) is 20.3 Å². The fourth-order valence-electron chi connectivity index (χ4n) is 2.49. The average Bonchev–Trinajstić information content (AvgIpc) is 3.12. The Morgan fingerprint density at radius 1 is 1.08 bits per heavy atom. The van der Waals surface area contributed by atoms with Crippen molar-refractivity contribution in [2.24, 2.45) is 0 Å². The molecule has 4 aromatic rings. The van der Waals surface area contributed by atoms with Gasteiger partial charge in [-0.2, -0.15) is 0 Å². The molecule has 0 amide bonds. The lowest BCUT2D eigenvalue weighted by Gasteiger charge is -1.97. The maximum Gasteiger partial charge on any atom is 0.276 e. The van der Waals surface area contributed by atoms with Crippen molar-refractivity contribution >= 4 is 34.0 Å². The van der Waals surface area contributed by atoms with Crippen molar-refractivity contribution in [1.82, 2.24) is 14.6 Å². The van der Waals surface area contributed by atoms with Gasteiger partial charge in [0.25, 0.3) is 5.56 Å². The minimum atomic E-state index is -0.129. The highest BCUT2D eigenvalue weighted by molar-refractivity contribution is 7.15. The molecule has 6 heteroatoms. The van der Waals surface area contributed by atoms with Gasteiger partial charge >= 0.3 is 0 Å². The molecule has 0 spiro atoms. The van der Waals surface area contributed by atoms with Gasteiger partial charge in [-0.15, -0.1) is 10.2 Å². The van der Waals surface area contributed by atoms with Crippen LogP contribution in [0.1, 0.15) is 11.1 Å². The summed E-state index contributed by atoms with van der Waals surface area (Å²) in [6.45, 7) is 2.02. The van der Waals surface area contributed by atoms with E-state index in [9.17, 15) is 4.79 Å². The number of hydrogen-bond acceptors (Lipinski definition) is 4. The zero-order chi connectivity index (χ0) is 16.7. The van der Waals surface area contributed by atoms with Crippen LogP contribution in [0.2, 0.25) is 5.02 Å². The normalized spacial score (nSPS) is 12.2. The first kappa shape index (κ1) is 15.1. The summed E-state index contributed by atoms with van der Waals surface area (Å²) in [6, 6.07) is 15.3. The summed E-state index contributed by atoms with van der Waals surface area (Å²) in [5.74, 6) is 0.560. The number of thiazole rings is 1. The summed E-state index contributed by atoms with van der Waals surface area (Å²) in [7, 11) is 0. The molecule has 2 aromatic heterocycles. The quantitative estimate of drug-likeness (QED) is 0.555. The van der Waals surface area contributed by atoms with Gasteiger partial charge in [0.05, 0.1) is 4.53 Å². The molecule has 4 nitrogen and oxygen atoms in total. The third-order valence-electron chi connectivity index (χ3n) is 3.75. The number of fused-ring (bicyclic) bond motifs is 1. The molecule has 24 heavy (non-hydrogen) atoms. The summed E-state index contributed by atoms with van der Waals surface area (Å²) in [4.78, 5) is 13.4. The Hall–Kier alpha value is -2.50. The van der Waals surface area contributed by atoms with Crippen LogP contribution in [0.25, 0.3) is 22.4 Å². The van der Waals surface area contributed by atoms with E-state index < -0.39 is 0 Å².